The number of carbonyl (C=O) groups is 2. The van der Waals surface area contributed by atoms with Crippen molar-refractivity contribution in [3.05, 3.63) is 70.2 Å². The molecule has 1 heterocycles. The van der Waals surface area contributed by atoms with Gasteiger partial charge in [0.15, 0.2) is 0 Å². The predicted molar refractivity (Wildman–Crippen MR) is 107 cm³/mol. The van der Waals surface area contributed by atoms with E-state index in [1.807, 2.05) is 30.3 Å². The summed E-state index contributed by atoms with van der Waals surface area (Å²) in [5.41, 5.74) is 3.86. The number of hydrazone groups is 1. The van der Waals surface area contributed by atoms with E-state index in [9.17, 15) is 14.7 Å². The summed E-state index contributed by atoms with van der Waals surface area (Å²) in [5.74, 6) is -1.37. The molecular weight excluding hydrogens is 376 g/mol. The van der Waals surface area contributed by atoms with Crippen LogP contribution in [0.4, 0.5) is 0 Å². The number of rotatable bonds is 7. The van der Waals surface area contributed by atoms with Gasteiger partial charge in [-0.2, -0.15) is 5.10 Å². The molecule has 6 heteroatoms. The third-order valence-electron chi connectivity index (χ3n) is 4.90. The van der Waals surface area contributed by atoms with Gasteiger partial charge in [0.1, 0.15) is 0 Å². The summed E-state index contributed by atoms with van der Waals surface area (Å²) in [6.45, 7) is 2.10. The first-order valence-corrected chi connectivity index (χ1v) is 9.80. The second-order valence-corrected chi connectivity index (χ2v) is 7.21. The van der Waals surface area contributed by atoms with Gasteiger partial charge in [-0.3, -0.25) is 4.79 Å². The minimum Gasteiger partial charge on any atom is -0.550 e. The van der Waals surface area contributed by atoms with Crippen molar-refractivity contribution in [3.63, 3.8) is 0 Å². The Kier molecular flexibility index (Phi) is 6.47. The zero-order valence-corrected chi connectivity index (χ0v) is 16.5. The molecule has 28 heavy (non-hydrogen) atoms. The summed E-state index contributed by atoms with van der Waals surface area (Å²) < 4.78 is 0. The molecular formula is C22H22ClN2O3-. The highest BCUT2D eigenvalue weighted by molar-refractivity contribution is 6.31. The summed E-state index contributed by atoms with van der Waals surface area (Å²) in [5, 5.41) is 17.3. The molecule has 1 aliphatic heterocycles. The zero-order valence-electron chi connectivity index (χ0n) is 15.7. The summed E-state index contributed by atoms with van der Waals surface area (Å²) in [6, 6.07) is 15.3. The molecule has 5 nitrogen and oxygen atoms in total. The first kappa shape index (κ1) is 20.1. The summed E-state index contributed by atoms with van der Waals surface area (Å²) >= 11 is 6.38. The Bertz CT molecular complexity index is 893. The summed E-state index contributed by atoms with van der Waals surface area (Å²) in [6.07, 6.45) is 1.69. The highest BCUT2D eigenvalue weighted by Gasteiger charge is 2.33. The molecule has 0 aromatic heterocycles. The number of carbonyl (C=O) groups excluding carboxylic acids is 2. The van der Waals surface area contributed by atoms with Crippen molar-refractivity contribution in [2.45, 2.75) is 45.1 Å². The van der Waals surface area contributed by atoms with Crippen molar-refractivity contribution in [3.8, 4) is 0 Å². The van der Waals surface area contributed by atoms with Crippen LogP contribution in [-0.4, -0.2) is 22.6 Å². The Hall–Kier alpha value is -2.66. The van der Waals surface area contributed by atoms with Crippen molar-refractivity contribution >= 4 is 29.2 Å². The normalized spacial score (nSPS) is 16.1. The lowest BCUT2D eigenvalue weighted by Gasteiger charge is -2.23. The first-order chi connectivity index (χ1) is 13.5. The Morgan fingerprint density at radius 2 is 1.86 bits per heavy atom. The van der Waals surface area contributed by atoms with E-state index >= 15 is 0 Å². The standard InChI is InChI=1S/C22H23ClN2O3/c1-2-15-10-12-16(13-11-15)19-14-20(17-6-3-4-7-18(17)23)25(24-19)21(26)8-5-9-22(27)28/h3-4,6-7,10-13,20H,2,5,8-9,14H2,1H3,(H,27,28)/p-1/t20-/m1/s1. The summed E-state index contributed by atoms with van der Waals surface area (Å²) in [4.78, 5) is 23.4. The molecule has 0 radical (unpaired) electrons. The van der Waals surface area contributed by atoms with E-state index in [0.29, 0.717) is 11.4 Å². The van der Waals surface area contributed by atoms with Crippen LogP contribution < -0.4 is 5.11 Å². The van der Waals surface area contributed by atoms with Crippen molar-refractivity contribution in [1.29, 1.82) is 0 Å². The molecule has 1 aliphatic rings. The quantitative estimate of drug-likeness (QED) is 0.717. The van der Waals surface area contributed by atoms with E-state index in [4.69, 9.17) is 11.6 Å². The Labute approximate surface area is 169 Å². The third-order valence-corrected chi connectivity index (χ3v) is 5.24. The van der Waals surface area contributed by atoms with Crippen LogP contribution in [0.1, 0.15) is 55.3 Å². The number of aryl methyl sites for hydroxylation is 1. The maximum Gasteiger partial charge on any atom is 0.243 e. The molecule has 0 aliphatic carbocycles. The highest BCUT2D eigenvalue weighted by atomic mass is 35.5. The fraction of sp³-hybridized carbons (Fsp3) is 0.318. The topological polar surface area (TPSA) is 72.8 Å². The molecule has 1 amide bonds. The van der Waals surface area contributed by atoms with E-state index in [0.717, 1.165) is 23.3 Å². The molecule has 0 saturated heterocycles. The fourth-order valence-corrected chi connectivity index (χ4v) is 3.60. The van der Waals surface area contributed by atoms with Crippen molar-refractivity contribution in [2.24, 2.45) is 5.10 Å². The number of hydrogen-bond acceptors (Lipinski definition) is 4. The van der Waals surface area contributed by atoms with Crippen LogP contribution in [0.2, 0.25) is 5.02 Å². The molecule has 3 rings (SSSR count). The van der Waals surface area contributed by atoms with E-state index in [2.05, 4.69) is 24.2 Å². The minimum absolute atomic E-state index is 0.0977. The van der Waals surface area contributed by atoms with Gasteiger partial charge in [0.2, 0.25) is 5.91 Å². The van der Waals surface area contributed by atoms with Crippen LogP contribution in [0.25, 0.3) is 0 Å². The van der Waals surface area contributed by atoms with E-state index in [1.54, 1.807) is 6.07 Å². The Balaban J connectivity index is 1.87. The average molecular weight is 398 g/mol. The Morgan fingerprint density at radius 3 is 2.50 bits per heavy atom. The van der Waals surface area contributed by atoms with Gasteiger partial charge in [0, 0.05) is 23.8 Å². The number of benzene rings is 2. The minimum atomic E-state index is -1.16. The second kappa shape index (κ2) is 9.02. The molecule has 1 atom stereocenters. The van der Waals surface area contributed by atoms with Gasteiger partial charge >= 0.3 is 0 Å². The maximum atomic E-state index is 12.8. The van der Waals surface area contributed by atoms with Gasteiger partial charge in [-0.15, -0.1) is 0 Å². The van der Waals surface area contributed by atoms with Gasteiger partial charge < -0.3 is 9.90 Å². The molecule has 0 N–H and O–H groups in total. The number of amides is 1. The first-order valence-electron chi connectivity index (χ1n) is 9.42. The van der Waals surface area contributed by atoms with Crippen LogP contribution in [0, 0.1) is 0 Å². The monoisotopic (exact) mass is 397 g/mol. The molecule has 0 spiro atoms. The number of aliphatic carboxylic acids is 1. The summed E-state index contributed by atoms with van der Waals surface area (Å²) in [7, 11) is 0. The van der Waals surface area contributed by atoms with Crippen molar-refractivity contribution < 1.29 is 14.7 Å². The van der Waals surface area contributed by atoms with E-state index < -0.39 is 5.97 Å². The number of halogens is 1. The molecule has 0 bridgehead atoms. The molecule has 0 saturated carbocycles. The number of hydrogen-bond donors (Lipinski definition) is 0. The molecule has 2 aromatic carbocycles. The molecule has 0 fully saturated rings. The van der Waals surface area contributed by atoms with Crippen LogP contribution in [0.5, 0.6) is 0 Å². The van der Waals surface area contributed by atoms with Crippen LogP contribution in [0.3, 0.4) is 0 Å². The van der Waals surface area contributed by atoms with Gasteiger partial charge in [-0.05, 0) is 42.0 Å². The lowest BCUT2D eigenvalue weighted by Crippen LogP contribution is -2.28. The fourth-order valence-electron chi connectivity index (χ4n) is 3.33. The number of carboxylic acid groups (broad SMARTS) is 1. The number of nitrogens with zero attached hydrogens (tertiary/aromatic N) is 2. The van der Waals surface area contributed by atoms with Crippen LogP contribution in [0.15, 0.2) is 53.6 Å². The molecule has 146 valence electrons. The number of carboxylic acids is 1. The SMILES string of the molecule is CCc1ccc(C2=NN(C(=O)CCCC(=O)[O-])[C@@H](c3ccccc3Cl)C2)cc1. The third kappa shape index (κ3) is 4.60. The molecule has 0 unspecified atom stereocenters. The van der Waals surface area contributed by atoms with Gasteiger partial charge in [0.05, 0.1) is 11.8 Å². The zero-order chi connectivity index (χ0) is 20.1. The van der Waals surface area contributed by atoms with Gasteiger partial charge in [-0.1, -0.05) is 61.0 Å². The smallest absolute Gasteiger partial charge is 0.243 e. The van der Waals surface area contributed by atoms with E-state index in [-0.39, 0.29) is 31.2 Å². The van der Waals surface area contributed by atoms with Crippen molar-refractivity contribution in [1.82, 2.24) is 5.01 Å². The lowest BCUT2D eigenvalue weighted by molar-refractivity contribution is -0.305. The molecule has 2 aromatic rings. The highest BCUT2D eigenvalue weighted by Crippen LogP contribution is 2.36. The largest absolute Gasteiger partial charge is 0.550 e. The van der Waals surface area contributed by atoms with Gasteiger partial charge in [0.25, 0.3) is 0 Å². The average Bonchev–Trinajstić information content (AvgIpc) is 3.13. The predicted octanol–water partition coefficient (Wildman–Crippen LogP) is 3.50. The second-order valence-electron chi connectivity index (χ2n) is 6.80. The maximum absolute atomic E-state index is 12.8. The lowest BCUT2D eigenvalue weighted by atomic mass is 9.97. The van der Waals surface area contributed by atoms with Crippen LogP contribution in [-0.2, 0) is 16.0 Å². The van der Waals surface area contributed by atoms with Crippen LogP contribution >= 0.6 is 11.6 Å². The Morgan fingerprint density at radius 1 is 1.14 bits per heavy atom. The van der Waals surface area contributed by atoms with Gasteiger partial charge in [-0.25, -0.2) is 5.01 Å². The van der Waals surface area contributed by atoms with E-state index in [1.165, 1.54) is 10.6 Å². The van der Waals surface area contributed by atoms with Crippen molar-refractivity contribution in [2.75, 3.05) is 0 Å².